The quantitative estimate of drug-likeness (QED) is 0.606. The predicted molar refractivity (Wildman–Crippen MR) is 113 cm³/mol. The lowest BCUT2D eigenvalue weighted by Crippen LogP contribution is -2.27. The molecule has 0 bridgehead atoms. The van der Waals surface area contributed by atoms with Crippen LogP contribution in [0.15, 0.2) is 24.3 Å². The molecule has 0 fully saturated rings. The third-order valence-electron chi connectivity index (χ3n) is 5.45. The largest absolute Gasteiger partial charge is 0.416 e. The van der Waals surface area contributed by atoms with Gasteiger partial charge in [0.15, 0.2) is 0 Å². The van der Waals surface area contributed by atoms with Gasteiger partial charge in [-0.1, -0.05) is 26.8 Å². The van der Waals surface area contributed by atoms with Crippen molar-refractivity contribution in [1.82, 2.24) is 0 Å². The minimum atomic E-state index is -4.49. The number of hydrogen-bond donors (Lipinski definition) is 2. The first-order chi connectivity index (χ1) is 13.9. The van der Waals surface area contributed by atoms with Crippen LogP contribution in [0.1, 0.15) is 60.5 Å². The zero-order valence-electron chi connectivity index (χ0n) is 17.4. The number of thiophene rings is 1. The van der Waals surface area contributed by atoms with Gasteiger partial charge in [0.05, 0.1) is 11.1 Å². The normalized spacial score (nSPS) is 16.7. The van der Waals surface area contributed by atoms with Gasteiger partial charge in [-0.15, -0.1) is 11.3 Å². The third-order valence-corrected chi connectivity index (χ3v) is 6.62. The average Bonchev–Trinajstić information content (AvgIpc) is 2.96. The van der Waals surface area contributed by atoms with Crippen molar-refractivity contribution < 1.29 is 22.8 Å². The predicted octanol–water partition coefficient (Wildman–Crippen LogP) is 6.13. The molecule has 2 N–H and O–H groups in total. The van der Waals surface area contributed by atoms with Crippen LogP contribution >= 0.6 is 11.3 Å². The third kappa shape index (κ3) is 4.86. The smallest absolute Gasteiger partial charge is 0.322 e. The van der Waals surface area contributed by atoms with Gasteiger partial charge < -0.3 is 10.6 Å². The lowest BCUT2D eigenvalue weighted by atomic mass is 9.72. The second-order valence-electron chi connectivity index (χ2n) is 8.73. The fourth-order valence-electron chi connectivity index (χ4n) is 3.78. The molecule has 30 heavy (non-hydrogen) atoms. The van der Waals surface area contributed by atoms with Crippen LogP contribution in [0.25, 0.3) is 0 Å². The highest BCUT2D eigenvalue weighted by Crippen LogP contribution is 2.44. The summed E-state index contributed by atoms with van der Waals surface area (Å²) in [5, 5.41) is 5.75. The van der Waals surface area contributed by atoms with Crippen LogP contribution in [0.2, 0.25) is 0 Å². The van der Waals surface area contributed by atoms with E-state index < -0.39 is 17.6 Å². The van der Waals surface area contributed by atoms with Crippen molar-refractivity contribution in [2.75, 3.05) is 10.6 Å². The van der Waals surface area contributed by atoms with Crippen LogP contribution in [0.3, 0.4) is 0 Å². The van der Waals surface area contributed by atoms with Crippen LogP contribution in [0.4, 0.5) is 23.9 Å². The van der Waals surface area contributed by atoms with Crippen LogP contribution in [0, 0.1) is 11.3 Å². The molecule has 3 rings (SSSR count). The van der Waals surface area contributed by atoms with Crippen LogP contribution in [-0.2, 0) is 23.8 Å². The average molecular weight is 439 g/mol. The Morgan fingerprint density at radius 2 is 1.83 bits per heavy atom. The zero-order chi connectivity index (χ0) is 22.3. The molecule has 0 unspecified atom stereocenters. The van der Waals surface area contributed by atoms with Crippen LogP contribution < -0.4 is 10.6 Å². The van der Waals surface area contributed by atoms with E-state index >= 15 is 0 Å². The van der Waals surface area contributed by atoms with E-state index in [-0.39, 0.29) is 17.0 Å². The molecule has 2 amide bonds. The van der Waals surface area contributed by atoms with E-state index in [2.05, 4.69) is 31.4 Å². The lowest BCUT2D eigenvalue weighted by Gasteiger charge is -2.33. The van der Waals surface area contributed by atoms with E-state index in [1.807, 2.05) is 0 Å². The molecule has 1 aromatic carbocycles. The van der Waals surface area contributed by atoms with Gasteiger partial charge in [0.2, 0.25) is 5.91 Å². The number of carbonyl (C=O) groups excluding carboxylic acids is 2. The summed E-state index contributed by atoms with van der Waals surface area (Å²) < 4.78 is 39.0. The standard InChI is InChI=1S/C22H25F3N2O2S/c1-12(28)26-20-18(16-9-8-13(21(2,3)4)11-17(16)30-20)19(29)27-15-7-5-6-14(10-15)22(23,24)25/h5-7,10,13H,8-9,11H2,1-4H3,(H,26,28)(H,27,29)/t13-/m0/s1. The number of amides is 2. The Hall–Kier alpha value is -2.35. The summed E-state index contributed by atoms with van der Waals surface area (Å²) in [5.74, 6) is -0.355. The van der Waals surface area contributed by atoms with Crippen molar-refractivity contribution in [3.05, 3.63) is 45.8 Å². The molecule has 4 nitrogen and oxygen atoms in total. The fraction of sp³-hybridized carbons (Fsp3) is 0.455. The van der Waals surface area contributed by atoms with Crippen molar-refractivity contribution in [2.24, 2.45) is 11.3 Å². The first-order valence-corrected chi connectivity index (χ1v) is 10.6. The molecule has 1 aliphatic rings. The van der Waals surface area contributed by atoms with Crippen molar-refractivity contribution in [3.63, 3.8) is 0 Å². The minimum Gasteiger partial charge on any atom is -0.322 e. The number of nitrogens with one attached hydrogen (secondary N) is 2. The second kappa shape index (κ2) is 8.06. The van der Waals surface area contributed by atoms with Gasteiger partial charge in [-0.3, -0.25) is 9.59 Å². The minimum absolute atomic E-state index is 0.0620. The molecule has 0 spiro atoms. The van der Waals surface area contributed by atoms with Gasteiger partial charge in [-0.2, -0.15) is 13.2 Å². The van der Waals surface area contributed by atoms with Crippen molar-refractivity contribution >= 4 is 33.8 Å². The maximum absolute atomic E-state index is 13.1. The molecular weight excluding hydrogens is 413 g/mol. The monoisotopic (exact) mass is 438 g/mol. The first kappa shape index (κ1) is 22.3. The Balaban J connectivity index is 1.94. The van der Waals surface area contributed by atoms with E-state index in [0.29, 0.717) is 22.9 Å². The fourth-order valence-corrected chi connectivity index (χ4v) is 5.15. The Labute approximate surface area is 177 Å². The summed E-state index contributed by atoms with van der Waals surface area (Å²) in [6.07, 6.45) is -2.08. The summed E-state index contributed by atoms with van der Waals surface area (Å²) >= 11 is 1.38. The molecule has 2 aromatic rings. The van der Waals surface area contributed by atoms with E-state index in [1.54, 1.807) is 0 Å². The zero-order valence-corrected chi connectivity index (χ0v) is 18.2. The number of hydrogen-bond acceptors (Lipinski definition) is 3. The molecule has 1 aliphatic carbocycles. The molecule has 162 valence electrons. The molecule has 1 aromatic heterocycles. The maximum atomic E-state index is 13.1. The second-order valence-corrected chi connectivity index (χ2v) is 9.83. The molecule has 1 heterocycles. The van der Waals surface area contributed by atoms with E-state index in [0.717, 1.165) is 35.4 Å². The highest BCUT2D eigenvalue weighted by molar-refractivity contribution is 7.17. The van der Waals surface area contributed by atoms with Crippen molar-refractivity contribution in [1.29, 1.82) is 0 Å². The summed E-state index contributed by atoms with van der Waals surface area (Å²) in [5.41, 5.74) is 0.592. The van der Waals surface area contributed by atoms with E-state index in [9.17, 15) is 22.8 Å². The SMILES string of the molecule is CC(=O)Nc1sc2c(c1C(=O)Nc1cccc(C(F)(F)F)c1)CC[C@H](C(C)(C)C)C2. The number of alkyl halides is 3. The molecule has 0 saturated heterocycles. The number of anilines is 2. The summed E-state index contributed by atoms with van der Waals surface area (Å²) in [6.45, 7) is 7.93. The molecule has 0 aliphatic heterocycles. The maximum Gasteiger partial charge on any atom is 0.416 e. The number of carbonyl (C=O) groups is 2. The first-order valence-electron chi connectivity index (χ1n) is 9.77. The van der Waals surface area contributed by atoms with Gasteiger partial charge >= 0.3 is 6.18 Å². The van der Waals surface area contributed by atoms with Gasteiger partial charge in [-0.25, -0.2) is 0 Å². The molecular formula is C22H25F3N2O2S. The van der Waals surface area contributed by atoms with E-state index in [4.69, 9.17) is 0 Å². The summed E-state index contributed by atoms with van der Waals surface area (Å²) in [7, 11) is 0. The van der Waals surface area contributed by atoms with Crippen molar-refractivity contribution in [3.8, 4) is 0 Å². The summed E-state index contributed by atoms with van der Waals surface area (Å²) in [6, 6.07) is 4.53. The number of halogens is 3. The number of fused-ring (bicyclic) bond motifs is 1. The van der Waals surface area contributed by atoms with Gasteiger partial charge in [-0.05, 0) is 54.4 Å². The van der Waals surface area contributed by atoms with E-state index in [1.165, 1.54) is 30.4 Å². The molecule has 8 heteroatoms. The Morgan fingerprint density at radius 1 is 1.13 bits per heavy atom. The van der Waals surface area contributed by atoms with Crippen molar-refractivity contribution in [2.45, 2.75) is 53.1 Å². The topological polar surface area (TPSA) is 58.2 Å². The van der Waals surface area contributed by atoms with Gasteiger partial charge in [0.1, 0.15) is 5.00 Å². The molecule has 1 atom stereocenters. The van der Waals surface area contributed by atoms with Crippen LogP contribution in [-0.4, -0.2) is 11.8 Å². The highest BCUT2D eigenvalue weighted by Gasteiger charge is 2.34. The molecule has 0 radical (unpaired) electrons. The Bertz CT molecular complexity index is 974. The van der Waals surface area contributed by atoms with Gasteiger partial charge in [0, 0.05) is 17.5 Å². The number of rotatable bonds is 3. The Morgan fingerprint density at radius 3 is 2.43 bits per heavy atom. The Kier molecular flexibility index (Phi) is 6.00. The highest BCUT2D eigenvalue weighted by atomic mass is 32.1. The van der Waals surface area contributed by atoms with Crippen LogP contribution in [0.5, 0.6) is 0 Å². The molecule has 0 saturated carbocycles. The summed E-state index contributed by atoms with van der Waals surface area (Å²) in [4.78, 5) is 25.8. The van der Waals surface area contributed by atoms with Gasteiger partial charge in [0.25, 0.3) is 5.91 Å². The lowest BCUT2D eigenvalue weighted by molar-refractivity contribution is -0.137. The number of benzene rings is 1.